The second-order valence-corrected chi connectivity index (χ2v) is 4.13. The number of hydrogen-bond acceptors (Lipinski definition) is 5. The van der Waals surface area contributed by atoms with E-state index in [1.54, 1.807) is 0 Å². The average molecular weight is 223 g/mol. The highest BCUT2D eigenvalue weighted by Gasteiger charge is 2.12. The van der Waals surface area contributed by atoms with Crippen molar-refractivity contribution in [1.29, 1.82) is 0 Å². The van der Waals surface area contributed by atoms with Gasteiger partial charge in [0.15, 0.2) is 5.82 Å². The lowest BCUT2D eigenvalue weighted by molar-refractivity contribution is -0.107. The van der Waals surface area contributed by atoms with Gasteiger partial charge in [-0.3, -0.25) is 0 Å². The van der Waals surface area contributed by atoms with Gasteiger partial charge in [0.25, 0.3) is 0 Å². The molecule has 88 valence electrons. The smallest absolute Gasteiger partial charge is 0.227 e. The predicted octanol–water partition coefficient (Wildman–Crippen LogP) is 0.839. The van der Waals surface area contributed by atoms with E-state index in [-0.39, 0.29) is 6.42 Å². The van der Waals surface area contributed by atoms with Crippen LogP contribution < -0.4 is 0 Å². The first-order valence-electron chi connectivity index (χ1n) is 5.86. The number of aromatic nitrogens is 2. The molecule has 1 saturated heterocycles. The van der Waals surface area contributed by atoms with Gasteiger partial charge in [-0.2, -0.15) is 4.98 Å². The van der Waals surface area contributed by atoms with Crippen LogP contribution in [0.15, 0.2) is 4.52 Å². The zero-order valence-corrected chi connectivity index (χ0v) is 9.39. The summed E-state index contributed by atoms with van der Waals surface area (Å²) in [5.41, 5.74) is 0. The Bertz CT molecular complexity index is 332. The molecule has 5 nitrogen and oxygen atoms in total. The minimum atomic E-state index is 0.243. The highest BCUT2D eigenvalue weighted by atomic mass is 16.5. The van der Waals surface area contributed by atoms with E-state index in [0.29, 0.717) is 11.7 Å². The van der Waals surface area contributed by atoms with E-state index in [2.05, 4.69) is 15.0 Å². The second kappa shape index (κ2) is 5.75. The summed E-state index contributed by atoms with van der Waals surface area (Å²) in [6, 6.07) is 0. The van der Waals surface area contributed by atoms with Gasteiger partial charge in [0.2, 0.25) is 5.89 Å². The SMILES string of the molecule is O=CCc1noc(CCN2CCCCC2)n1. The molecule has 0 aromatic carbocycles. The molecule has 0 unspecified atom stereocenters. The lowest BCUT2D eigenvalue weighted by Gasteiger charge is -2.25. The summed E-state index contributed by atoms with van der Waals surface area (Å²) < 4.78 is 5.06. The summed E-state index contributed by atoms with van der Waals surface area (Å²) in [4.78, 5) is 16.8. The highest BCUT2D eigenvalue weighted by Crippen LogP contribution is 2.09. The maximum absolute atomic E-state index is 10.3. The zero-order chi connectivity index (χ0) is 11.2. The Morgan fingerprint density at radius 2 is 2.12 bits per heavy atom. The number of carbonyl (C=O) groups is 1. The van der Waals surface area contributed by atoms with E-state index in [4.69, 9.17) is 4.52 Å². The molecular formula is C11H17N3O2. The number of aldehydes is 1. The first-order chi connectivity index (χ1) is 7.88. The lowest BCUT2D eigenvalue weighted by atomic mass is 10.1. The van der Waals surface area contributed by atoms with E-state index in [1.807, 2.05) is 0 Å². The quantitative estimate of drug-likeness (QED) is 0.692. The Morgan fingerprint density at radius 3 is 2.88 bits per heavy atom. The minimum Gasteiger partial charge on any atom is -0.339 e. The second-order valence-electron chi connectivity index (χ2n) is 4.13. The molecule has 16 heavy (non-hydrogen) atoms. The largest absolute Gasteiger partial charge is 0.339 e. The normalized spacial score (nSPS) is 17.5. The summed E-state index contributed by atoms with van der Waals surface area (Å²) in [6.45, 7) is 3.33. The van der Waals surface area contributed by atoms with Gasteiger partial charge in [-0.05, 0) is 25.9 Å². The number of hydrogen-bond donors (Lipinski definition) is 0. The van der Waals surface area contributed by atoms with Crippen molar-refractivity contribution in [3.05, 3.63) is 11.7 Å². The summed E-state index contributed by atoms with van der Waals surface area (Å²) in [7, 11) is 0. The molecule has 1 aliphatic heterocycles. The molecule has 0 aliphatic carbocycles. The van der Waals surface area contributed by atoms with Crippen LogP contribution in [0.4, 0.5) is 0 Å². The van der Waals surface area contributed by atoms with Gasteiger partial charge >= 0.3 is 0 Å². The van der Waals surface area contributed by atoms with Crippen LogP contribution in [0.2, 0.25) is 0 Å². The number of piperidine rings is 1. The number of nitrogens with zero attached hydrogens (tertiary/aromatic N) is 3. The molecule has 1 fully saturated rings. The topological polar surface area (TPSA) is 59.2 Å². The summed E-state index contributed by atoms with van der Waals surface area (Å²) in [5, 5.41) is 3.73. The minimum absolute atomic E-state index is 0.243. The van der Waals surface area contributed by atoms with Crippen molar-refractivity contribution >= 4 is 6.29 Å². The van der Waals surface area contributed by atoms with Crippen molar-refractivity contribution in [3.8, 4) is 0 Å². The monoisotopic (exact) mass is 223 g/mol. The third kappa shape index (κ3) is 3.13. The summed E-state index contributed by atoms with van der Waals surface area (Å²) >= 11 is 0. The Labute approximate surface area is 94.8 Å². The van der Waals surface area contributed by atoms with Gasteiger partial charge in [0.05, 0.1) is 6.42 Å². The van der Waals surface area contributed by atoms with Gasteiger partial charge in [-0.25, -0.2) is 0 Å². The van der Waals surface area contributed by atoms with E-state index < -0.39 is 0 Å². The zero-order valence-electron chi connectivity index (χ0n) is 9.39. The molecule has 0 saturated carbocycles. The van der Waals surface area contributed by atoms with Crippen LogP contribution in [0, 0.1) is 0 Å². The molecule has 0 atom stereocenters. The maximum Gasteiger partial charge on any atom is 0.227 e. The van der Waals surface area contributed by atoms with E-state index in [1.165, 1.54) is 32.4 Å². The van der Waals surface area contributed by atoms with Gasteiger partial charge in [-0.15, -0.1) is 0 Å². The Morgan fingerprint density at radius 1 is 1.31 bits per heavy atom. The molecule has 2 heterocycles. The first-order valence-corrected chi connectivity index (χ1v) is 5.86. The van der Waals surface area contributed by atoms with Crippen molar-refractivity contribution in [2.75, 3.05) is 19.6 Å². The van der Waals surface area contributed by atoms with Crippen LogP contribution in [0.5, 0.6) is 0 Å². The van der Waals surface area contributed by atoms with Crippen LogP contribution in [0.25, 0.3) is 0 Å². The van der Waals surface area contributed by atoms with Crippen LogP contribution in [-0.2, 0) is 17.6 Å². The molecule has 0 radical (unpaired) electrons. The van der Waals surface area contributed by atoms with Crippen molar-refractivity contribution in [2.24, 2.45) is 0 Å². The van der Waals surface area contributed by atoms with E-state index in [9.17, 15) is 4.79 Å². The molecule has 1 aromatic heterocycles. The lowest BCUT2D eigenvalue weighted by Crippen LogP contribution is -2.31. The van der Waals surface area contributed by atoms with Crippen LogP contribution in [-0.4, -0.2) is 41.0 Å². The fraction of sp³-hybridized carbons (Fsp3) is 0.727. The molecule has 2 rings (SSSR count). The Kier molecular flexibility index (Phi) is 4.04. The molecule has 1 aromatic rings. The molecule has 0 amide bonds. The summed E-state index contributed by atoms with van der Waals surface area (Å²) in [6.07, 6.45) is 5.75. The standard InChI is InChI=1S/C11H17N3O2/c15-9-5-10-12-11(16-13-10)4-8-14-6-2-1-3-7-14/h9H,1-8H2. The van der Waals surface area contributed by atoms with Gasteiger partial charge < -0.3 is 14.2 Å². The maximum atomic E-state index is 10.3. The number of likely N-dealkylation sites (tertiary alicyclic amines) is 1. The Balaban J connectivity index is 1.77. The van der Waals surface area contributed by atoms with Crippen molar-refractivity contribution in [2.45, 2.75) is 32.1 Å². The van der Waals surface area contributed by atoms with Crippen LogP contribution >= 0.6 is 0 Å². The van der Waals surface area contributed by atoms with E-state index >= 15 is 0 Å². The third-order valence-corrected chi connectivity index (χ3v) is 2.87. The number of rotatable bonds is 5. The van der Waals surface area contributed by atoms with Gasteiger partial charge in [-0.1, -0.05) is 11.6 Å². The Hall–Kier alpha value is -1.23. The fourth-order valence-corrected chi connectivity index (χ4v) is 1.99. The number of carbonyl (C=O) groups excluding carboxylic acids is 1. The van der Waals surface area contributed by atoms with Crippen molar-refractivity contribution < 1.29 is 9.32 Å². The van der Waals surface area contributed by atoms with Gasteiger partial charge in [0.1, 0.15) is 6.29 Å². The third-order valence-electron chi connectivity index (χ3n) is 2.87. The van der Waals surface area contributed by atoms with Crippen molar-refractivity contribution in [3.63, 3.8) is 0 Å². The molecular weight excluding hydrogens is 206 g/mol. The van der Waals surface area contributed by atoms with Gasteiger partial charge in [0, 0.05) is 13.0 Å². The highest BCUT2D eigenvalue weighted by molar-refractivity contribution is 5.52. The van der Waals surface area contributed by atoms with Crippen LogP contribution in [0.1, 0.15) is 31.0 Å². The molecule has 1 aliphatic rings. The molecule has 0 spiro atoms. The van der Waals surface area contributed by atoms with Crippen molar-refractivity contribution in [1.82, 2.24) is 15.0 Å². The molecule has 0 bridgehead atoms. The summed E-state index contributed by atoms with van der Waals surface area (Å²) in [5.74, 6) is 1.13. The predicted molar refractivity (Wildman–Crippen MR) is 58.1 cm³/mol. The first kappa shape index (κ1) is 11.3. The van der Waals surface area contributed by atoms with E-state index in [0.717, 1.165) is 19.3 Å². The van der Waals surface area contributed by atoms with Crippen LogP contribution in [0.3, 0.4) is 0 Å². The molecule has 5 heteroatoms. The molecule has 0 N–H and O–H groups in total. The average Bonchev–Trinajstić information content (AvgIpc) is 2.76. The fourth-order valence-electron chi connectivity index (χ4n) is 1.99.